The van der Waals surface area contributed by atoms with Crippen LogP contribution in [-0.4, -0.2) is 28.7 Å². The smallest absolute Gasteiger partial charge is 0.267 e. The van der Waals surface area contributed by atoms with Gasteiger partial charge in [-0.1, -0.05) is 60.7 Å². The molecule has 3 aromatic carbocycles. The van der Waals surface area contributed by atoms with Gasteiger partial charge in [0.25, 0.3) is 5.91 Å². The van der Waals surface area contributed by atoms with E-state index in [2.05, 4.69) is 46.8 Å². The molecule has 1 atom stereocenters. The molecule has 34 heavy (non-hydrogen) atoms. The van der Waals surface area contributed by atoms with Crippen molar-refractivity contribution in [2.24, 2.45) is 0 Å². The number of fused-ring (bicyclic) bond motifs is 1. The van der Waals surface area contributed by atoms with E-state index in [0.717, 1.165) is 29.8 Å². The topological polar surface area (TPSA) is 86.4 Å². The summed E-state index contributed by atoms with van der Waals surface area (Å²) in [6.45, 7) is 1.27. The monoisotopic (exact) mass is 477 g/mol. The molecule has 0 saturated heterocycles. The molecule has 1 amide bonds. The number of aromatic nitrogens is 1. The fourth-order valence-corrected chi connectivity index (χ4v) is 3.70. The van der Waals surface area contributed by atoms with Crippen molar-refractivity contribution in [2.75, 3.05) is 6.61 Å². The van der Waals surface area contributed by atoms with Crippen LogP contribution >= 0.6 is 12.4 Å². The van der Waals surface area contributed by atoms with Crippen LogP contribution in [0.25, 0.3) is 17.0 Å². The Morgan fingerprint density at radius 2 is 1.74 bits per heavy atom. The van der Waals surface area contributed by atoms with E-state index >= 15 is 0 Å². The van der Waals surface area contributed by atoms with E-state index in [1.165, 1.54) is 22.6 Å². The maximum atomic E-state index is 11.1. The molecule has 0 aliphatic rings. The van der Waals surface area contributed by atoms with Crippen molar-refractivity contribution in [3.63, 3.8) is 0 Å². The number of hydrogen-bond acceptors (Lipinski definition) is 4. The van der Waals surface area contributed by atoms with Crippen molar-refractivity contribution in [1.82, 2.24) is 15.8 Å². The first kappa shape index (κ1) is 25.1. The third-order valence-corrected chi connectivity index (χ3v) is 5.45. The van der Waals surface area contributed by atoms with Gasteiger partial charge in [0.1, 0.15) is 12.4 Å². The Balaban J connectivity index is 0.00000324. The molecule has 4 rings (SSSR count). The molecule has 176 valence electrons. The first-order valence-corrected chi connectivity index (χ1v) is 10.9. The molecule has 0 radical (unpaired) electrons. The number of ether oxygens (including phenoxy) is 1. The highest BCUT2D eigenvalue weighted by Crippen LogP contribution is 2.20. The van der Waals surface area contributed by atoms with Gasteiger partial charge in [-0.15, -0.1) is 12.4 Å². The number of rotatable bonds is 10. The number of H-pyrrole nitrogens is 1. The summed E-state index contributed by atoms with van der Waals surface area (Å²) >= 11 is 0. The molecule has 0 aliphatic carbocycles. The molecule has 0 bridgehead atoms. The van der Waals surface area contributed by atoms with Crippen LogP contribution in [0.1, 0.15) is 16.7 Å². The summed E-state index contributed by atoms with van der Waals surface area (Å²) < 4.78 is 6.10. The second-order valence-corrected chi connectivity index (χ2v) is 7.82. The van der Waals surface area contributed by atoms with Gasteiger partial charge in [0, 0.05) is 35.8 Å². The average molecular weight is 478 g/mol. The summed E-state index contributed by atoms with van der Waals surface area (Å²) in [5.74, 6) is 0.184. The van der Waals surface area contributed by atoms with Gasteiger partial charge >= 0.3 is 0 Å². The van der Waals surface area contributed by atoms with Gasteiger partial charge in [0.15, 0.2) is 0 Å². The predicted octanol–water partition coefficient (Wildman–Crippen LogP) is 4.89. The van der Waals surface area contributed by atoms with Gasteiger partial charge in [-0.05, 0) is 47.4 Å². The number of aromatic amines is 1. The summed E-state index contributed by atoms with van der Waals surface area (Å²) in [5.41, 5.74) is 6.02. The normalized spacial score (nSPS) is 11.8. The lowest BCUT2D eigenvalue weighted by atomic mass is 10.0. The number of carbonyl (C=O) groups is 1. The fourth-order valence-electron chi connectivity index (χ4n) is 3.70. The van der Waals surface area contributed by atoms with E-state index in [-0.39, 0.29) is 18.4 Å². The van der Waals surface area contributed by atoms with Crippen LogP contribution in [0.4, 0.5) is 0 Å². The van der Waals surface area contributed by atoms with Crippen molar-refractivity contribution in [3.05, 3.63) is 108 Å². The molecule has 1 aromatic heterocycles. The van der Waals surface area contributed by atoms with Gasteiger partial charge in [-0.3, -0.25) is 10.0 Å². The van der Waals surface area contributed by atoms with E-state index in [4.69, 9.17) is 9.94 Å². The van der Waals surface area contributed by atoms with Gasteiger partial charge in [-0.2, -0.15) is 0 Å². The van der Waals surface area contributed by atoms with Gasteiger partial charge < -0.3 is 15.0 Å². The molecule has 1 heterocycles. The van der Waals surface area contributed by atoms with Crippen LogP contribution in [0.3, 0.4) is 0 Å². The Bertz CT molecular complexity index is 1210. The van der Waals surface area contributed by atoms with Crippen LogP contribution in [0, 0.1) is 0 Å². The van der Waals surface area contributed by atoms with Crippen molar-refractivity contribution >= 4 is 35.3 Å². The molecular weight excluding hydrogens is 450 g/mol. The lowest BCUT2D eigenvalue weighted by molar-refractivity contribution is -0.124. The number of para-hydroxylation sites is 1. The van der Waals surface area contributed by atoms with E-state index in [1.807, 2.05) is 48.5 Å². The van der Waals surface area contributed by atoms with Gasteiger partial charge in [0.2, 0.25) is 0 Å². The first-order valence-electron chi connectivity index (χ1n) is 10.9. The zero-order valence-electron chi connectivity index (χ0n) is 18.6. The maximum absolute atomic E-state index is 11.1. The average Bonchev–Trinajstić information content (AvgIpc) is 3.28. The van der Waals surface area contributed by atoms with Crippen LogP contribution in [0.5, 0.6) is 5.75 Å². The number of carbonyl (C=O) groups excluding carboxylic acids is 1. The summed E-state index contributed by atoms with van der Waals surface area (Å²) in [7, 11) is 0. The quantitative estimate of drug-likeness (QED) is 0.149. The predicted molar refractivity (Wildman–Crippen MR) is 137 cm³/mol. The summed E-state index contributed by atoms with van der Waals surface area (Å²) in [6, 6.07) is 26.2. The highest BCUT2D eigenvalue weighted by Gasteiger charge is 2.14. The van der Waals surface area contributed by atoms with Crippen molar-refractivity contribution in [1.29, 1.82) is 0 Å². The molecule has 0 aliphatic heterocycles. The lowest BCUT2D eigenvalue weighted by Gasteiger charge is -2.20. The maximum Gasteiger partial charge on any atom is 0.267 e. The second-order valence-electron chi connectivity index (χ2n) is 7.82. The molecule has 4 N–H and O–H groups in total. The Kier molecular flexibility index (Phi) is 9.29. The van der Waals surface area contributed by atoms with Crippen LogP contribution in [0.15, 0.2) is 91.1 Å². The molecule has 0 unspecified atom stereocenters. The van der Waals surface area contributed by atoms with Crippen LogP contribution < -0.4 is 15.5 Å². The van der Waals surface area contributed by atoms with E-state index in [9.17, 15) is 4.79 Å². The standard InChI is InChI=1S/C27H27N3O3.ClH/c31-27(30-32)15-12-20-10-13-24(14-11-20)33-19-23(28-17-21-6-2-1-3-7-21)16-22-18-29-26-9-5-4-8-25(22)26;/h1-15,18,23,28-29,32H,16-17,19H2,(H,30,31);1H/b15-12+;/t23-;/m0./s1. The zero-order valence-corrected chi connectivity index (χ0v) is 19.4. The number of hydroxylamine groups is 1. The Morgan fingerprint density at radius 3 is 2.50 bits per heavy atom. The Labute approximate surface area is 205 Å². The van der Waals surface area contributed by atoms with Crippen molar-refractivity contribution in [2.45, 2.75) is 19.0 Å². The molecule has 0 spiro atoms. The highest BCUT2D eigenvalue weighted by molar-refractivity contribution is 5.90. The third-order valence-electron chi connectivity index (χ3n) is 5.45. The second kappa shape index (κ2) is 12.6. The fraction of sp³-hybridized carbons (Fsp3) is 0.148. The lowest BCUT2D eigenvalue weighted by Crippen LogP contribution is -2.36. The van der Waals surface area contributed by atoms with E-state index in [1.54, 1.807) is 11.6 Å². The van der Waals surface area contributed by atoms with E-state index < -0.39 is 5.91 Å². The Hall–Kier alpha value is -3.58. The highest BCUT2D eigenvalue weighted by atomic mass is 35.5. The number of benzene rings is 3. The number of hydrogen-bond donors (Lipinski definition) is 4. The number of nitrogens with one attached hydrogen (secondary N) is 3. The summed E-state index contributed by atoms with van der Waals surface area (Å²) in [6.07, 6.45) is 5.79. The summed E-state index contributed by atoms with van der Waals surface area (Å²) in [5, 5.41) is 13.4. The van der Waals surface area contributed by atoms with Crippen LogP contribution in [0.2, 0.25) is 0 Å². The molecule has 4 aromatic rings. The largest absolute Gasteiger partial charge is 0.492 e. The first-order chi connectivity index (χ1) is 16.2. The molecule has 0 saturated carbocycles. The van der Waals surface area contributed by atoms with Crippen LogP contribution in [-0.2, 0) is 17.8 Å². The number of amides is 1. The minimum Gasteiger partial charge on any atom is -0.492 e. The minimum atomic E-state index is -0.570. The van der Waals surface area contributed by atoms with Crippen molar-refractivity contribution in [3.8, 4) is 5.75 Å². The molecular formula is C27H28ClN3O3. The van der Waals surface area contributed by atoms with Gasteiger partial charge in [0.05, 0.1) is 0 Å². The molecule has 0 fully saturated rings. The number of halogens is 1. The van der Waals surface area contributed by atoms with Gasteiger partial charge in [-0.25, -0.2) is 5.48 Å². The Morgan fingerprint density at radius 1 is 1.00 bits per heavy atom. The SMILES string of the molecule is Cl.O=C(/C=C/c1ccc(OC[C@H](Cc2c[nH]c3ccccc23)NCc2ccccc2)cc1)NO. The molecule has 7 heteroatoms. The zero-order chi connectivity index (χ0) is 22.9. The molecule has 6 nitrogen and oxygen atoms in total. The summed E-state index contributed by atoms with van der Waals surface area (Å²) in [4.78, 5) is 14.5. The minimum absolute atomic E-state index is 0. The third kappa shape index (κ3) is 6.96. The van der Waals surface area contributed by atoms with E-state index in [0.29, 0.717) is 6.61 Å². The van der Waals surface area contributed by atoms with Crippen molar-refractivity contribution < 1.29 is 14.7 Å².